The largest absolute Gasteiger partial charge is 0.311 e. The number of thioether (sulfide) groups is 1. The van der Waals surface area contributed by atoms with Gasteiger partial charge in [-0.3, -0.25) is 0 Å². The maximum atomic E-state index is 4.00. The molecule has 0 heterocycles. The lowest BCUT2D eigenvalue weighted by Crippen LogP contribution is -2.48. The van der Waals surface area contributed by atoms with Crippen LogP contribution in [0.5, 0.6) is 0 Å². The van der Waals surface area contributed by atoms with E-state index >= 15 is 0 Å². The van der Waals surface area contributed by atoms with E-state index in [1.807, 2.05) is 0 Å². The fraction of sp³-hybridized carbons (Fsp3) is 1.00. The molecule has 2 heteroatoms. The lowest BCUT2D eigenvalue weighted by atomic mass is 9.63. The van der Waals surface area contributed by atoms with Crippen LogP contribution in [0.4, 0.5) is 0 Å². The van der Waals surface area contributed by atoms with Crippen LogP contribution in [0.2, 0.25) is 0 Å². The molecule has 0 saturated heterocycles. The lowest BCUT2D eigenvalue weighted by Gasteiger charge is -2.46. The Morgan fingerprint density at radius 1 is 0.842 bits per heavy atom. The molecule has 0 aromatic heterocycles. The van der Waals surface area contributed by atoms with Gasteiger partial charge in [0, 0.05) is 17.3 Å². The molecule has 2 aliphatic rings. The molecule has 0 aromatic carbocycles. The minimum Gasteiger partial charge on any atom is -0.311 e. The summed E-state index contributed by atoms with van der Waals surface area (Å²) in [6, 6.07) is 1.53. The molecule has 2 fully saturated rings. The standard InChI is InChI=1S/C17H33NS/c1-16(2)10-14(11-17(3,4)12-16)18-13-6-8-15(19-5)9-7-13/h13-15,18H,6-12H2,1-5H3. The van der Waals surface area contributed by atoms with Crippen molar-refractivity contribution in [2.45, 2.75) is 90.0 Å². The fourth-order valence-corrected chi connectivity index (χ4v) is 5.51. The first kappa shape index (κ1) is 15.7. The zero-order chi connectivity index (χ0) is 14.1. The van der Waals surface area contributed by atoms with Crippen LogP contribution in [0.15, 0.2) is 0 Å². The summed E-state index contributed by atoms with van der Waals surface area (Å²) < 4.78 is 0. The van der Waals surface area contributed by atoms with Crippen LogP contribution < -0.4 is 5.32 Å². The average Bonchev–Trinajstić information content (AvgIpc) is 2.25. The van der Waals surface area contributed by atoms with Crippen LogP contribution >= 0.6 is 11.8 Å². The Morgan fingerprint density at radius 2 is 1.37 bits per heavy atom. The van der Waals surface area contributed by atoms with E-state index in [2.05, 4.69) is 51.0 Å². The van der Waals surface area contributed by atoms with E-state index in [-0.39, 0.29) is 0 Å². The van der Waals surface area contributed by atoms with Gasteiger partial charge in [-0.1, -0.05) is 27.7 Å². The van der Waals surface area contributed by atoms with Crippen molar-refractivity contribution in [1.82, 2.24) is 5.32 Å². The van der Waals surface area contributed by atoms with Crippen LogP contribution in [-0.2, 0) is 0 Å². The van der Waals surface area contributed by atoms with Crippen LogP contribution in [0.3, 0.4) is 0 Å². The second-order valence-electron chi connectivity index (χ2n) is 8.49. The molecule has 0 spiro atoms. The number of rotatable bonds is 3. The second-order valence-corrected chi connectivity index (χ2v) is 9.62. The highest BCUT2D eigenvalue weighted by Crippen LogP contribution is 2.46. The molecule has 0 unspecified atom stereocenters. The van der Waals surface area contributed by atoms with Crippen molar-refractivity contribution in [1.29, 1.82) is 0 Å². The van der Waals surface area contributed by atoms with Gasteiger partial charge in [0.15, 0.2) is 0 Å². The molecule has 0 radical (unpaired) electrons. The maximum absolute atomic E-state index is 4.00. The third-order valence-corrected chi connectivity index (χ3v) is 6.17. The van der Waals surface area contributed by atoms with Crippen LogP contribution in [0.1, 0.15) is 72.6 Å². The summed E-state index contributed by atoms with van der Waals surface area (Å²) in [4.78, 5) is 0. The fourth-order valence-electron chi connectivity index (χ4n) is 4.76. The molecule has 0 amide bonds. The van der Waals surface area contributed by atoms with Gasteiger partial charge in [0.2, 0.25) is 0 Å². The summed E-state index contributed by atoms with van der Waals surface area (Å²) in [5.41, 5.74) is 1.02. The Labute approximate surface area is 124 Å². The van der Waals surface area contributed by atoms with Gasteiger partial charge >= 0.3 is 0 Å². The van der Waals surface area contributed by atoms with Crippen molar-refractivity contribution in [2.24, 2.45) is 10.8 Å². The first-order valence-electron chi connectivity index (χ1n) is 8.09. The Balaban J connectivity index is 1.85. The normalized spacial score (nSPS) is 35.2. The molecule has 2 saturated carbocycles. The SMILES string of the molecule is CSC1CCC(NC2CC(C)(C)CC(C)(C)C2)CC1. The number of nitrogens with one attached hydrogen (secondary N) is 1. The van der Waals surface area contributed by atoms with E-state index in [0.29, 0.717) is 10.8 Å². The van der Waals surface area contributed by atoms with E-state index in [1.54, 1.807) is 0 Å². The molecule has 0 aliphatic heterocycles. The third kappa shape index (κ3) is 4.67. The summed E-state index contributed by atoms with van der Waals surface area (Å²) in [5, 5.41) is 4.93. The van der Waals surface area contributed by atoms with E-state index in [9.17, 15) is 0 Å². The number of hydrogen-bond acceptors (Lipinski definition) is 2. The monoisotopic (exact) mass is 283 g/mol. The Bertz CT molecular complexity index is 274. The molecule has 2 aliphatic carbocycles. The molecule has 0 atom stereocenters. The minimum absolute atomic E-state index is 0.510. The summed E-state index contributed by atoms with van der Waals surface area (Å²) in [6.45, 7) is 9.81. The van der Waals surface area contributed by atoms with Crippen LogP contribution in [0, 0.1) is 10.8 Å². The van der Waals surface area contributed by atoms with Crippen LogP contribution in [0.25, 0.3) is 0 Å². The van der Waals surface area contributed by atoms with Crippen molar-refractivity contribution < 1.29 is 0 Å². The molecular weight excluding hydrogens is 250 g/mol. The molecule has 1 nitrogen and oxygen atoms in total. The van der Waals surface area contributed by atoms with Crippen molar-refractivity contribution in [3.63, 3.8) is 0 Å². The minimum atomic E-state index is 0.510. The highest BCUT2D eigenvalue weighted by atomic mass is 32.2. The maximum Gasteiger partial charge on any atom is 0.00798 e. The third-order valence-electron chi connectivity index (χ3n) is 5.03. The van der Waals surface area contributed by atoms with E-state index in [0.717, 1.165) is 17.3 Å². The Hall–Kier alpha value is 0.310. The summed E-state index contributed by atoms with van der Waals surface area (Å²) in [6.07, 6.45) is 12.0. The highest BCUT2D eigenvalue weighted by molar-refractivity contribution is 7.99. The van der Waals surface area contributed by atoms with Gasteiger partial charge in [0.1, 0.15) is 0 Å². The smallest absolute Gasteiger partial charge is 0.00798 e. The Morgan fingerprint density at radius 3 is 1.84 bits per heavy atom. The molecule has 0 bridgehead atoms. The van der Waals surface area contributed by atoms with E-state index < -0.39 is 0 Å². The lowest BCUT2D eigenvalue weighted by molar-refractivity contribution is 0.0778. The first-order valence-corrected chi connectivity index (χ1v) is 9.37. The van der Waals surface area contributed by atoms with Crippen molar-refractivity contribution in [3.8, 4) is 0 Å². The van der Waals surface area contributed by atoms with Gasteiger partial charge < -0.3 is 5.32 Å². The van der Waals surface area contributed by atoms with E-state index in [4.69, 9.17) is 0 Å². The molecule has 19 heavy (non-hydrogen) atoms. The highest BCUT2D eigenvalue weighted by Gasteiger charge is 2.39. The van der Waals surface area contributed by atoms with Gasteiger partial charge in [-0.25, -0.2) is 0 Å². The predicted octanol–water partition coefficient (Wildman–Crippen LogP) is 4.86. The summed E-state index contributed by atoms with van der Waals surface area (Å²) in [5.74, 6) is 0. The second kappa shape index (κ2) is 5.97. The molecule has 2 rings (SSSR count). The Kier molecular flexibility index (Phi) is 4.93. The van der Waals surface area contributed by atoms with Gasteiger partial charge in [-0.05, 0) is 62.0 Å². The van der Waals surface area contributed by atoms with Gasteiger partial charge in [0.25, 0.3) is 0 Å². The van der Waals surface area contributed by atoms with Crippen molar-refractivity contribution >= 4 is 11.8 Å². The molecule has 1 N–H and O–H groups in total. The predicted molar refractivity (Wildman–Crippen MR) is 87.9 cm³/mol. The number of hydrogen-bond donors (Lipinski definition) is 1. The van der Waals surface area contributed by atoms with Crippen LogP contribution in [-0.4, -0.2) is 23.6 Å². The molecule has 112 valence electrons. The molecule has 0 aromatic rings. The van der Waals surface area contributed by atoms with Crippen molar-refractivity contribution in [3.05, 3.63) is 0 Å². The van der Waals surface area contributed by atoms with Gasteiger partial charge in [0.05, 0.1) is 0 Å². The van der Waals surface area contributed by atoms with Crippen molar-refractivity contribution in [2.75, 3.05) is 6.26 Å². The summed E-state index contributed by atoms with van der Waals surface area (Å²) in [7, 11) is 0. The topological polar surface area (TPSA) is 12.0 Å². The zero-order valence-electron chi connectivity index (χ0n) is 13.6. The van der Waals surface area contributed by atoms with Gasteiger partial charge in [-0.15, -0.1) is 0 Å². The van der Waals surface area contributed by atoms with E-state index in [1.165, 1.54) is 44.9 Å². The molecular formula is C17H33NS. The average molecular weight is 284 g/mol. The van der Waals surface area contributed by atoms with Gasteiger partial charge in [-0.2, -0.15) is 11.8 Å². The summed E-state index contributed by atoms with van der Waals surface area (Å²) >= 11 is 2.07. The quantitative estimate of drug-likeness (QED) is 0.794. The zero-order valence-corrected chi connectivity index (χ0v) is 14.4. The first-order chi connectivity index (χ1) is 8.80.